The summed E-state index contributed by atoms with van der Waals surface area (Å²) < 4.78 is 24.0. The van der Waals surface area contributed by atoms with Gasteiger partial charge in [-0.3, -0.25) is 4.79 Å². The molecule has 0 saturated carbocycles. The highest BCUT2D eigenvalue weighted by atomic mass is 35.5. The van der Waals surface area contributed by atoms with Gasteiger partial charge < -0.3 is 14.5 Å². The molecule has 3 rings (SSSR count). The topological polar surface area (TPSA) is 77.2 Å². The van der Waals surface area contributed by atoms with Crippen LogP contribution < -0.4 is 10.1 Å². The first-order chi connectivity index (χ1) is 13.0. The van der Waals surface area contributed by atoms with Gasteiger partial charge >= 0.3 is 0 Å². The maximum absolute atomic E-state index is 12.9. The molecule has 0 aliphatic heterocycles. The fourth-order valence-electron chi connectivity index (χ4n) is 2.07. The highest BCUT2D eigenvalue weighted by Gasteiger charge is 2.17. The summed E-state index contributed by atoms with van der Waals surface area (Å²) in [6.45, 7) is 1.73. The third-order valence-electron chi connectivity index (χ3n) is 3.35. The SMILES string of the molecule is C[C@@H](Oc1ccc(F)cc1)c1nnc(SCC(=O)Nc2ccc(Cl)cc2)o1. The molecule has 3 aromatic rings. The van der Waals surface area contributed by atoms with E-state index in [1.807, 2.05) is 0 Å². The monoisotopic (exact) mass is 407 g/mol. The van der Waals surface area contributed by atoms with Crippen molar-refractivity contribution in [3.8, 4) is 5.75 Å². The maximum Gasteiger partial charge on any atom is 0.277 e. The fourth-order valence-corrected chi connectivity index (χ4v) is 2.76. The number of rotatable bonds is 7. The number of nitrogens with zero attached hydrogens (tertiary/aromatic N) is 2. The van der Waals surface area contributed by atoms with Crippen molar-refractivity contribution in [3.05, 3.63) is 65.3 Å². The molecule has 6 nitrogen and oxygen atoms in total. The minimum absolute atomic E-state index is 0.109. The number of anilines is 1. The van der Waals surface area contributed by atoms with Crippen molar-refractivity contribution < 1.29 is 18.3 Å². The third-order valence-corrected chi connectivity index (χ3v) is 4.42. The molecular weight excluding hydrogens is 393 g/mol. The van der Waals surface area contributed by atoms with Gasteiger partial charge in [-0.25, -0.2) is 4.39 Å². The lowest BCUT2D eigenvalue weighted by molar-refractivity contribution is -0.113. The molecule has 0 saturated heterocycles. The number of halogens is 2. The molecule has 1 atom stereocenters. The van der Waals surface area contributed by atoms with E-state index >= 15 is 0 Å². The number of carbonyl (C=O) groups excluding carboxylic acids is 1. The van der Waals surface area contributed by atoms with E-state index in [2.05, 4.69) is 15.5 Å². The lowest BCUT2D eigenvalue weighted by Crippen LogP contribution is -2.13. The van der Waals surface area contributed by atoms with Gasteiger partial charge in [0.15, 0.2) is 6.10 Å². The van der Waals surface area contributed by atoms with E-state index in [1.165, 1.54) is 24.3 Å². The first-order valence-electron chi connectivity index (χ1n) is 7.93. The zero-order chi connectivity index (χ0) is 19.2. The third kappa shape index (κ3) is 5.70. The number of hydrogen-bond acceptors (Lipinski definition) is 6. The van der Waals surface area contributed by atoms with Crippen LogP contribution >= 0.6 is 23.4 Å². The Balaban J connectivity index is 1.50. The number of aromatic nitrogens is 2. The van der Waals surface area contributed by atoms with Crippen LogP contribution in [0.3, 0.4) is 0 Å². The van der Waals surface area contributed by atoms with Crippen molar-refractivity contribution >= 4 is 35.0 Å². The molecule has 1 amide bonds. The van der Waals surface area contributed by atoms with Crippen molar-refractivity contribution in [2.24, 2.45) is 0 Å². The van der Waals surface area contributed by atoms with Crippen LogP contribution in [0.4, 0.5) is 10.1 Å². The van der Waals surface area contributed by atoms with Crippen LogP contribution in [0.5, 0.6) is 5.75 Å². The molecule has 0 spiro atoms. The molecular formula is C18H15ClFN3O3S. The molecule has 0 aliphatic carbocycles. The molecule has 0 radical (unpaired) electrons. The average Bonchev–Trinajstić information content (AvgIpc) is 3.13. The summed E-state index contributed by atoms with van der Waals surface area (Å²) in [6.07, 6.45) is -0.514. The fraction of sp³-hybridized carbons (Fsp3) is 0.167. The van der Waals surface area contributed by atoms with Gasteiger partial charge in [0, 0.05) is 10.7 Å². The first kappa shape index (κ1) is 19.2. The Hall–Kier alpha value is -2.58. The predicted molar refractivity (Wildman–Crippen MR) is 101 cm³/mol. The molecule has 27 heavy (non-hydrogen) atoms. The van der Waals surface area contributed by atoms with E-state index in [0.29, 0.717) is 16.5 Å². The second-order valence-corrected chi connectivity index (χ2v) is 6.83. The molecule has 1 aromatic heterocycles. The standard InChI is InChI=1S/C18H15ClFN3O3S/c1-11(25-15-8-4-13(20)5-9-15)17-22-23-18(26-17)27-10-16(24)21-14-6-2-12(19)3-7-14/h2-9,11H,10H2,1H3,(H,21,24)/t11-/m1/s1. The van der Waals surface area contributed by atoms with Crippen LogP contribution in [0.25, 0.3) is 0 Å². The number of nitrogens with one attached hydrogen (secondary N) is 1. The smallest absolute Gasteiger partial charge is 0.277 e. The second kappa shape index (κ2) is 8.88. The van der Waals surface area contributed by atoms with Crippen LogP contribution in [0, 0.1) is 5.82 Å². The summed E-state index contributed by atoms with van der Waals surface area (Å²) in [5.41, 5.74) is 0.650. The number of thioether (sulfide) groups is 1. The number of benzene rings is 2. The van der Waals surface area contributed by atoms with E-state index in [0.717, 1.165) is 11.8 Å². The largest absolute Gasteiger partial charge is 0.481 e. The summed E-state index contributed by atoms with van der Waals surface area (Å²) in [7, 11) is 0. The van der Waals surface area contributed by atoms with Crippen molar-refractivity contribution in [3.63, 3.8) is 0 Å². The molecule has 0 unspecified atom stereocenters. The Kier molecular flexibility index (Phi) is 6.31. The van der Waals surface area contributed by atoms with Gasteiger partial charge in [0.2, 0.25) is 5.91 Å². The van der Waals surface area contributed by atoms with Gasteiger partial charge in [-0.05, 0) is 55.5 Å². The Morgan fingerprint density at radius 3 is 2.63 bits per heavy atom. The van der Waals surface area contributed by atoms with Gasteiger partial charge in [-0.2, -0.15) is 0 Å². The van der Waals surface area contributed by atoms with Crippen LogP contribution in [0.15, 0.2) is 58.2 Å². The minimum atomic E-state index is -0.514. The van der Waals surface area contributed by atoms with Crippen molar-refractivity contribution in [2.45, 2.75) is 18.3 Å². The maximum atomic E-state index is 12.9. The lowest BCUT2D eigenvalue weighted by atomic mass is 10.3. The summed E-state index contributed by atoms with van der Waals surface area (Å²) in [5, 5.41) is 11.4. The number of ether oxygens (including phenoxy) is 1. The van der Waals surface area contributed by atoms with Crippen molar-refractivity contribution in [1.82, 2.24) is 10.2 Å². The van der Waals surface area contributed by atoms with Crippen LogP contribution in [0.1, 0.15) is 18.9 Å². The molecule has 9 heteroatoms. The Labute approximate surface area is 164 Å². The normalized spacial score (nSPS) is 11.8. The van der Waals surface area contributed by atoms with E-state index in [4.69, 9.17) is 20.8 Å². The highest BCUT2D eigenvalue weighted by molar-refractivity contribution is 7.99. The van der Waals surface area contributed by atoms with E-state index in [-0.39, 0.29) is 28.6 Å². The van der Waals surface area contributed by atoms with Gasteiger partial charge in [-0.1, -0.05) is 23.4 Å². The molecule has 1 heterocycles. The molecule has 0 aliphatic rings. The lowest BCUT2D eigenvalue weighted by Gasteiger charge is -2.10. The molecule has 2 aromatic carbocycles. The van der Waals surface area contributed by atoms with Crippen LogP contribution in [0.2, 0.25) is 5.02 Å². The minimum Gasteiger partial charge on any atom is -0.481 e. The van der Waals surface area contributed by atoms with E-state index in [9.17, 15) is 9.18 Å². The van der Waals surface area contributed by atoms with E-state index in [1.54, 1.807) is 31.2 Å². The van der Waals surface area contributed by atoms with Gasteiger partial charge in [0.1, 0.15) is 11.6 Å². The van der Waals surface area contributed by atoms with Crippen LogP contribution in [-0.2, 0) is 4.79 Å². The molecule has 1 N–H and O–H groups in total. The Bertz CT molecular complexity index is 903. The van der Waals surface area contributed by atoms with Crippen molar-refractivity contribution in [1.29, 1.82) is 0 Å². The number of carbonyl (C=O) groups is 1. The predicted octanol–water partition coefficient (Wildman–Crippen LogP) is 4.73. The quantitative estimate of drug-likeness (QED) is 0.570. The second-order valence-electron chi connectivity index (χ2n) is 5.46. The summed E-state index contributed by atoms with van der Waals surface area (Å²) in [6, 6.07) is 12.4. The summed E-state index contributed by atoms with van der Waals surface area (Å²) >= 11 is 6.92. The Morgan fingerprint density at radius 2 is 1.93 bits per heavy atom. The molecule has 0 bridgehead atoms. The number of amides is 1. The summed E-state index contributed by atoms with van der Waals surface area (Å²) in [5.74, 6) is 0.303. The van der Waals surface area contributed by atoms with Gasteiger partial charge in [0.25, 0.3) is 11.1 Å². The first-order valence-corrected chi connectivity index (χ1v) is 9.30. The van der Waals surface area contributed by atoms with Crippen molar-refractivity contribution in [2.75, 3.05) is 11.1 Å². The van der Waals surface area contributed by atoms with Gasteiger partial charge in [-0.15, -0.1) is 10.2 Å². The molecule has 0 fully saturated rings. The highest BCUT2D eigenvalue weighted by Crippen LogP contribution is 2.24. The summed E-state index contributed by atoms with van der Waals surface area (Å²) in [4.78, 5) is 12.0. The zero-order valence-corrected chi connectivity index (χ0v) is 15.8. The molecule has 140 valence electrons. The number of hydrogen-bond donors (Lipinski definition) is 1. The van der Waals surface area contributed by atoms with E-state index < -0.39 is 6.10 Å². The Morgan fingerprint density at radius 1 is 1.22 bits per heavy atom. The average molecular weight is 408 g/mol. The van der Waals surface area contributed by atoms with Crippen LogP contribution in [-0.4, -0.2) is 21.9 Å². The zero-order valence-electron chi connectivity index (χ0n) is 14.2. The van der Waals surface area contributed by atoms with Gasteiger partial charge in [0.05, 0.1) is 5.75 Å².